The molecule has 1 aromatic rings. The van der Waals surface area contributed by atoms with Gasteiger partial charge in [0.25, 0.3) is 0 Å². The fraction of sp³-hybridized carbons (Fsp3) is 0.533. The average molecular weight is 313 g/mol. The molecule has 0 unspecified atom stereocenters. The van der Waals surface area contributed by atoms with Crippen LogP contribution in [0.2, 0.25) is 5.02 Å². The van der Waals surface area contributed by atoms with E-state index in [2.05, 4.69) is 10.6 Å². The molecule has 0 atom stereocenters. The van der Waals surface area contributed by atoms with Gasteiger partial charge in [0.15, 0.2) is 11.5 Å². The highest BCUT2D eigenvalue weighted by atomic mass is 35.5. The van der Waals surface area contributed by atoms with Crippen molar-refractivity contribution in [3.05, 3.63) is 22.7 Å². The van der Waals surface area contributed by atoms with Crippen molar-refractivity contribution < 1.29 is 14.3 Å². The molecule has 0 aliphatic heterocycles. The van der Waals surface area contributed by atoms with Gasteiger partial charge in [0.2, 0.25) is 5.91 Å². The van der Waals surface area contributed by atoms with E-state index in [1.54, 1.807) is 7.11 Å². The van der Waals surface area contributed by atoms with Crippen LogP contribution in [0.25, 0.3) is 0 Å². The van der Waals surface area contributed by atoms with Crippen molar-refractivity contribution in [3.8, 4) is 11.5 Å². The Labute approximate surface area is 130 Å². The molecule has 0 saturated heterocycles. The Morgan fingerprint density at radius 2 is 2.19 bits per heavy atom. The smallest absolute Gasteiger partial charge is 0.223 e. The van der Waals surface area contributed by atoms with Crippen LogP contribution >= 0.6 is 11.6 Å². The summed E-state index contributed by atoms with van der Waals surface area (Å²) in [4.78, 5) is 11.6. The summed E-state index contributed by atoms with van der Waals surface area (Å²) in [6, 6.07) is 4.08. The van der Waals surface area contributed by atoms with Gasteiger partial charge in [-0.2, -0.15) is 0 Å². The van der Waals surface area contributed by atoms with Crippen molar-refractivity contribution in [1.82, 2.24) is 10.6 Å². The maximum absolute atomic E-state index is 11.6. The van der Waals surface area contributed by atoms with Crippen LogP contribution in [-0.2, 0) is 11.3 Å². The lowest BCUT2D eigenvalue weighted by atomic mass is 10.2. The minimum absolute atomic E-state index is 0.0133. The number of amides is 1. The van der Waals surface area contributed by atoms with E-state index in [4.69, 9.17) is 21.1 Å². The normalized spacial score (nSPS) is 13.9. The van der Waals surface area contributed by atoms with Crippen LogP contribution in [0.3, 0.4) is 0 Å². The highest BCUT2D eigenvalue weighted by molar-refractivity contribution is 6.32. The predicted octanol–water partition coefficient (Wildman–Crippen LogP) is 2.12. The van der Waals surface area contributed by atoms with E-state index in [0.717, 1.165) is 18.4 Å². The zero-order chi connectivity index (χ0) is 15.2. The number of carbonyl (C=O) groups excluding carboxylic acids is 1. The lowest BCUT2D eigenvalue weighted by Crippen LogP contribution is -2.26. The van der Waals surface area contributed by atoms with Gasteiger partial charge in [-0.25, -0.2) is 0 Å². The predicted molar refractivity (Wildman–Crippen MR) is 82.0 cm³/mol. The SMILES string of the molecule is CNCc1cc(Cl)c(OCCC(=O)NC2CC2)c(OC)c1. The Kier molecular flexibility index (Phi) is 5.70. The van der Waals surface area contributed by atoms with Gasteiger partial charge in [-0.05, 0) is 37.6 Å². The molecule has 0 radical (unpaired) electrons. The van der Waals surface area contributed by atoms with Crippen molar-refractivity contribution in [2.45, 2.75) is 31.8 Å². The summed E-state index contributed by atoms with van der Waals surface area (Å²) in [6.45, 7) is 0.972. The molecule has 1 fully saturated rings. The number of hydrogen-bond donors (Lipinski definition) is 2. The second kappa shape index (κ2) is 7.52. The molecule has 0 bridgehead atoms. The Bertz CT molecular complexity index is 504. The van der Waals surface area contributed by atoms with Crippen molar-refractivity contribution in [3.63, 3.8) is 0 Å². The first-order valence-corrected chi connectivity index (χ1v) is 7.45. The molecule has 0 spiro atoms. The summed E-state index contributed by atoms with van der Waals surface area (Å²) < 4.78 is 10.9. The molecule has 1 aliphatic carbocycles. The molecule has 2 rings (SSSR count). The van der Waals surface area contributed by atoms with E-state index in [-0.39, 0.29) is 12.5 Å². The van der Waals surface area contributed by atoms with Gasteiger partial charge in [-0.15, -0.1) is 0 Å². The van der Waals surface area contributed by atoms with Gasteiger partial charge in [0.05, 0.1) is 25.2 Å². The van der Waals surface area contributed by atoms with Crippen LogP contribution < -0.4 is 20.1 Å². The summed E-state index contributed by atoms with van der Waals surface area (Å²) in [6.07, 6.45) is 2.48. The van der Waals surface area contributed by atoms with Gasteiger partial charge in [-0.1, -0.05) is 11.6 Å². The lowest BCUT2D eigenvalue weighted by Gasteiger charge is -2.14. The molecule has 5 nitrogen and oxygen atoms in total. The number of rotatable bonds is 8. The zero-order valence-electron chi connectivity index (χ0n) is 12.4. The first-order valence-electron chi connectivity index (χ1n) is 7.07. The third-order valence-corrected chi connectivity index (χ3v) is 3.47. The maximum atomic E-state index is 11.6. The molecule has 116 valence electrons. The molecule has 2 N–H and O–H groups in total. The second-order valence-electron chi connectivity index (χ2n) is 5.08. The van der Waals surface area contributed by atoms with Crippen molar-refractivity contribution in [2.75, 3.05) is 20.8 Å². The lowest BCUT2D eigenvalue weighted by molar-refractivity contribution is -0.121. The van der Waals surface area contributed by atoms with Crippen LogP contribution in [0.15, 0.2) is 12.1 Å². The fourth-order valence-corrected chi connectivity index (χ4v) is 2.28. The zero-order valence-corrected chi connectivity index (χ0v) is 13.1. The topological polar surface area (TPSA) is 59.6 Å². The first kappa shape index (κ1) is 15.9. The number of hydrogen-bond acceptors (Lipinski definition) is 4. The minimum Gasteiger partial charge on any atom is -0.493 e. The van der Waals surface area contributed by atoms with Crippen molar-refractivity contribution in [2.24, 2.45) is 0 Å². The van der Waals surface area contributed by atoms with Crippen LogP contribution in [0.1, 0.15) is 24.8 Å². The van der Waals surface area contributed by atoms with Crippen LogP contribution in [0.5, 0.6) is 11.5 Å². The van der Waals surface area contributed by atoms with E-state index in [1.807, 2.05) is 19.2 Å². The fourth-order valence-electron chi connectivity index (χ4n) is 1.99. The highest BCUT2D eigenvalue weighted by Crippen LogP contribution is 2.36. The Hall–Kier alpha value is -1.46. The molecule has 21 heavy (non-hydrogen) atoms. The van der Waals surface area contributed by atoms with Crippen molar-refractivity contribution >= 4 is 17.5 Å². The first-order chi connectivity index (χ1) is 10.1. The third kappa shape index (κ3) is 4.79. The maximum Gasteiger partial charge on any atom is 0.223 e. The van der Waals surface area contributed by atoms with E-state index >= 15 is 0 Å². The number of nitrogens with one attached hydrogen (secondary N) is 2. The average Bonchev–Trinajstić information content (AvgIpc) is 3.25. The molecule has 1 saturated carbocycles. The van der Waals surface area contributed by atoms with Gasteiger partial charge in [0, 0.05) is 12.6 Å². The molecular formula is C15H21ClN2O3. The van der Waals surface area contributed by atoms with Gasteiger partial charge >= 0.3 is 0 Å². The molecule has 1 aromatic carbocycles. The van der Waals surface area contributed by atoms with Crippen molar-refractivity contribution in [1.29, 1.82) is 0 Å². The molecule has 6 heteroatoms. The second-order valence-corrected chi connectivity index (χ2v) is 5.49. The number of ether oxygens (including phenoxy) is 2. The van der Waals surface area contributed by atoms with Gasteiger partial charge < -0.3 is 20.1 Å². The standard InChI is InChI=1S/C15H21ClN2O3/c1-17-9-10-7-12(16)15(13(8-10)20-2)21-6-5-14(19)18-11-3-4-11/h7-8,11,17H,3-6,9H2,1-2H3,(H,18,19). The summed E-state index contributed by atoms with van der Waals surface area (Å²) >= 11 is 6.23. The van der Waals surface area contributed by atoms with E-state index in [9.17, 15) is 4.79 Å². The Morgan fingerprint density at radius 1 is 1.43 bits per heavy atom. The number of halogens is 1. The minimum atomic E-state index is 0.0133. The molecular weight excluding hydrogens is 292 g/mol. The molecule has 0 heterocycles. The van der Waals surface area contributed by atoms with Gasteiger partial charge in [-0.3, -0.25) is 4.79 Å². The number of carbonyl (C=O) groups is 1. The quantitative estimate of drug-likeness (QED) is 0.772. The molecule has 0 aromatic heterocycles. The largest absolute Gasteiger partial charge is 0.493 e. The highest BCUT2D eigenvalue weighted by Gasteiger charge is 2.23. The number of methoxy groups -OCH3 is 1. The van der Waals surface area contributed by atoms with E-state index in [1.165, 1.54) is 0 Å². The Balaban J connectivity index is 1.92. The van der Waals surface area contributed by atoms with Gasteiger partial charge in [0.1, 0.15) is 0 Å². The Morgan fingerprint density at radius 3 is 2.81 bits per heavy atom. The van der Waals surface area contributed by atoms with Crippen LogP contribution in [0.4, 0.5) is 0 Å². The van der Waals surface area contributed by atoms with Crippen LogP contribution in [-0.4, -0.2) is 32.7 Å². The van der Waals surface area contributed by atoms with Crippen LogP contribution in [0, 0.1) is 0 Å². The van der Waals surface area contributed by atoms with E-state index in [0.29, 0.717) is 35.5 Å². The summed E-state index contributed by atoms with van der Waals surface area (Å²) in [7, 11) is 3.44. The summed E-state index contributed by atoms with van der Waals surface area (Å²) in [5.74, 6) is 1.08. The molecule has 1 aliphatic rings. The summed E-state index contributed by atoms with van der Waals surface area (Å²) in [5, 5.41) is 6.46. The van der Waals surface area contributed by atoms with E-state index < -0.39 is 0 Å². The monoisotopic (exact) mass is 312 g/mol. The molecule has 1 amide bonds. The summed E-state index contributed by atoms with van der Waals surface area (Å²) in [5.41, 5.74) is 1.01. The third-order valence-electron chi connectivity index (χ3n) is 3.19. The number of benzene rings is 1.